The second-order valence-electron chi connectivity index (χ2n) is 4.91. The van der Waals surface area contributed by atoms with Crippen LogP contribution in [0.25, 0.3) is 10.2 Å². The number of Topliss-reactive ketones (excluding diaryl/α,β-unsaturated/α-hetero) is 1. The van der Waals surface area contributed by atoms with Gasteiger partial charge in [-0.25, -0.2) is 13.8 Å². The van der Waals surface area contributed by atoms with E-state index in [0.717, 1.165) is 22.9 Å². The third-order valence-corrected chi connectivity index (χ3v) is 4.37. The lowest BCUT2D eigenvalue weighted by Gasteiger charge is -2.08. The first-order chi connectivity index (χ1) is 11.6. The van der Waals surface area contributed by atoms with E-state index >= 15 is 0 Å². The number of hydrogen-bond donors (Lipinski definition) is 0. The molecule has 2 aromatic carbocycles. The van der Waals surface area contributed by atoms with Crippen LogP contribution in [0.1, 0.15) is 10.9 Å². The van der Waals surface area contributed by atoms with Crippen molar-refractivity contribution >= 4 is 27.3 Å². The van der Waals surface area contributed by atoms with E-state index in [-0.39, 0.29) is 5.75 Å². The molecule has 1 heterocycles. The molecule has 0 fully saturated rings. The molecule has 0 N–H and O–H groups in total. The Kier molecular flexibility index (Phi) is 4.49. The van der Waals surface area contributed by atoms with E-state index in [9.17, 15) is 18.8 Å². The van der Waals surface area contributed by atoms with Crippen molar-refractivity contribution in [3.8, 4) is 11.8 Å². The molecule has 0 amide bonds. The van der Waals surface area contributed by atoms with E-state index in [1.165, 1.54) is 11.3 Å². The van der Waals surface area contributed by atoms with Gasteiger partial charge in [0.15, 0.2) is 23.3 Å². The largest absolute Gasteiger partial charge is 0.483 e. The highest BCUT2D eigenvalue weighted by molar-refractivity contribution is 7.18. The van der Waals surface area contributed by atoms with Crippen molar-refractivity contribution in [1.29, 1.82) is 5.26 Å². The van der Waals surface area contributed by atoms with Gasteiger partial charge in [-0.2, -0.15) is 5.26 Å². The Labute approximate surface area is 139 Å². The van der Waals surface area contributed by atoms with E-state index in [1.54, 1.807) is 6.07 Å². The van der Waals surface area contributed by atoms with Gasteiger partial charge in [0.25, 0.3) is 0 Å². The fraction of sp³-hybridized carbons (Fsp3) is 0.118. The zero-order valence-electron chi connectivity index (χ0n) is 12.2. The van der Waals surface area contributed by atoms with Crippen molar-refractivity contribution in [2.24, 2.45) is 0 Å². The van der Waals surface area contributed by atoms with Gasteiger partial charge >= 0.3 is 0 Å². The fourth-order valence-corrected chi connectivity index (χ4v) is 3.13. The minimum absolute atomic E-state index is 0.354. The predicted octanol–water partition coefficient (Wildman–Crippen LogP) is 3.83. The summed E-state index contributed by atoms with van der Waals surface area (Å²) in [7, 11) is 0. The molecule has 24 heavy (non-hydrogen) atoms. The standard InChI is InChI=1S/C17H10F2N2O2S/c18-10-5-6-12(19)15(7-10)23-9-14(22)11(8-20)17-21-13-3-1-2-4-16(13)24-17/h1-7,11H,9H2. The maximum Gasteiger partial charge on any atom is 0.194 e. The molecule has 0 saturated carbocycles. The monoisotopic (exact) mass is 344 g/mol. The van der Waals surface area contributed by atoms with Crippen molar-refractivity contribution in [3.63, 3.8) is 0 Å². The Hall–Kier alpha value is -2.85. The Balaban J connectivity index is 1.77. The van der Waals surface area contributed by atoms with Crippen molar-refractivity contribution < 1.29 is 18.3 Å². The van der Waals surface area contributed by atoms with Gasteiger partial charge in [-0.05, 0) is 24.3 Å². The molecule has 0 aliphatic carbocycles. The maximum atomic E-state index is 13.5. The summed E-state index contributed by atoms with van der Waals surface area (Å²) in [6, 6.07) is 11.9. The summed E-state index contributed by atoms with van der Waals surface area (Å²) in [4.78, 5) is 16.5. The highest BCUT2D eigenvalue weighted by Gasteiger charge is 2.25. The first-order valence-corrected chi connectivity index (χ1v) is 7.76. The van der Waals surface area contributed by atoms with Gasteiger partial charge in [-0.3, -0.25) is 4.79 Å². The third-order valence-electron chi connectivity index (χ3n) is 3.27. The minimum Gasteiger partial charge on any atom is -0.483 e. The number of thiazole rings is 1. The summed E-state index contributed by atoms with van der Waals surface area (Å²) in [6.45, 7) is -0.547. The Morgan fingerprint density at radius 3 is 2.83 bits per heavy atom. The molecule has 3 aromatic rings. The van der Waals surface area contributed by atoms with Crippen molar-refractivity contribution in [1.82, 2.24) is 4.98 Å². The smallest absolute Gasteiger partial charge is 0.194 e. The number of para-hydroxylation sites is 1. The van der Waals surface area contributed by atoms with Gasteiger partial charge in [0.05, 0.1) is 16.3 Å². The molecule has 1 unspecified atom stereocenters. The van der Waals surface area contributed by atoms with Crippen LogP contribution < -0.4 is 4.74 Å². The van der Waals surface area contributed by atoms with Gasteiger partial charge in [0.1, 0.15) is 17.4 Å². The summed E-state index contributed by atoms with van der Waals surface area (Å²) in [6.07, 6.45) is 0. The predicted molar refractivity (Wildman–Crippen MR) is 84.8 cm³/mol. The van der Waals surface area contributed by atoms with Gasteiger partial charge < -0.3 is 4.74 Å². The van der Waals surface area contributed by atoms with E-state index in [4.69, 9.17) is 4.74 Å². The average Bonchev–Trinajstić information content (AvgIpc) is 3.00. The summed E-state index contributed by atoms with van der Waals surface area (Å²) >= 11 is 1.24. The average molecular weight is 344 g/mol. The van der Waals surface area contributed by atoms with Crippen LogP contribution in [0.2, 0.25) is 0 Å². The Bertz CT molecular complexity index is 916. The number of ether oxygens (including phenoxy) is 1. The molecular formula is C17H10F2N2O2S. The lowest BCUT2D eigenvalue weighted by molar-refractivity contribution is -0.121. The molecule has 0 bridgehead atoms. The number of nitriles is 1. The maximum absolute atomic E-state index is 13.5. The molecule has 0 spiro atoms. The van der Waals surface area contributed by atoms with Crippen molar-refractivity contribution in [2.45, 2.75) is 5.92 Å². The molecule has 0 aliphatic rings. The first-order valence-electron chi connectivity index (χ1n) is 6.94. The second kappa shape index (κ2) is 6.72. The number of carbonyl (C=O) groups is 1. The zero-order chi connectivity index (χ0) is 17.1. The molecule has 3 rings (SSSR count). The number of aromatic nitrogens is 1. The van der Waals surface area contributed by atoms with Crippen molar-refractivity contribution in [2.75, 3.05) is 6.61 Å². The lowest BCUT2D eigenvalue weighted by atomic mass is 10.1. The number of fused-ring (bicyclic) bond motifs is 1. The van der Waals surface area contributed by atoms with Crippen LogP contribution in [0.5, 0.6) is 5.75 Å². The second-order valence-corrected chi connectivity index (χ2v) is 5.97. The molecule has 0 radical (unpaired) electrons. The molecule has 4 nitrogen and oxygen atoms in total. The summed E-state index contributed by atoms with van der Waals surface area (Å²) in [5.41, 5.74) is 0.697. The number of halogens is 2. The molecular weight excluding hydrogens is 334 g/mol. The first kappa shape index (κ1) is 16.0. The van der Waals surface area contributed by atoms with Crippen LogP contribution in [-0.2, 0) is 4.79 Å². The minimum atomic E-state index is -1.11. The van der Waals surface area contributed by atoms with E-state index in [2.05, 4.69) is 4.98 Å². The summed E-state index contributed by atoms with van der Waals surface area (Å²) in [5.74, 6) is -3.51. The van der Waals surface area contributed by atoms with E-state index in [0.29, 0.717) is 10.5 Å². The fourth-order valence-electron chi connectivity index (χ4n) is 2.10. The lowest BCUT2D eigenvalue weighted by Crippen LogP contribution is -2.19. The zero-order valence-corrected chi connectivity index (χ0v) is 13.0. The Morgan fingerprint density at radius 2 is 2.08 bits per heavy atom. The van der Waals surface area contributed by atoms with Crippen LogP contribution in [0, 0.1) is 23.0 Å². The van der Waals surface area contributed by atoms with Crippen molar-refractivity contribution in [3.05, 3.63) is 59.1 Å². The summed E-state index contributed by atoms with van der Waals surface area (Å²) < 4.78 is 32.5. The topological polar surface area (TPSA) is 63.0 Å². The molecule has 120 valence electrons. The number of benzene rings is 2. The molecule has 7 heteroatoms. The van der Waals surface area contributed by atoms with E-state index in [1.807, 2.05) is 24.3 Å². The number of nitrogens with zero attached hydrogens (tertiary/aromatic N) is 2. The van der Waals surface area contributed by atoms with Gasteiger partial charge in [0.2, 0.25) is 0 Å². The van der Waals surface area contributed by atoms with Crippen LogP contribution in [-0.4, -0.2) is 17.4 Å². The van der Waals surface area contributed by atoms with Crippen LogP contribution >= 0.6 is 11.3 Å². The van der Waals surface area contributed by atoms with Gasteiger partial charge in [-0.15, -0.1) is 11.3 Å². The highest BCUT2D eigenvalue weighted by atomic mass is 32.1. The van der Waals surface area contributed by atoms with Crippen LogP contribution in [0.3, 0.4) is 0 Å². The third kappa shape index (κ3) is 3.24. The Morgan fingerprint density at radius 1 is 1.29 bits per heavy atom. The SMILES string of the molecule is N#CC(C(=O)COc1cc(F)ccc1F)c1nc2ccccc2s1. The number of rotatable bonds is 5. The summed E-state index contributed by atoms with van der Waals surface area (Å²) in [5, 5.41) is 9.63. The number of ketones is 1. The van der Waals surface area contributed by atoms with Crippen LogP contribution in [0.15, 0.2) is 42.5 Å². The number of hydrogen-bond acceptors (Lipinski definition) is 5. The van der Waals surface area contributed by atoms with E-state index < -0.39 is 29.9 Å². The van der Waals surface area contributed by atoms with Gasteiger partial charge in [-0.1, -0.05) is 12.1 Å². The molecule has 0 saturated heterocycles. The molecule has 1 aromatic heterocycles. The molecule has 1 atom stereocenters. The normalized spacial score (nSPS) is 11.9. The van der Waals surface area contributed by atoms with Gasteiger partial charge in [0, 0.05) is 6.07 Å². The molecule has 0 aliphatic heterocycles. The van der Waals surface area contributed by atoms with Crippen LogP contribution in [0.4, 0.5) is 8.78 Å². The quantitative estimate of drug-likeness (QED) is 0.706. The number of carbonyl (C=O) groups excluding carboxylic acids is 1. The highest BCUT2D eigenvalue weighted by Crippen LogP contribution is 2.28.